The molecule has 1 N–H and O–H groups in total. The quantitative estimate of drug-likeness (QED) is 0.874. The maximum atomic E-state index is 4.30. The summed E-state index contributed by atoms with van der Waals surface area (Å²) in [6.45, 7) is 2.26. The first-order chi connectivity index (χ1) is 8.75. The van der Waals surface area contributed by atoms with Crippen LogP contribution in [0.15, 0.2) is 24.4 Å². The second kappa shape index (κ2) is 4.61. The van der Waals surface area contributed by atoms with Crippen molar-refractivity contribution in [2.24, 2.45) is 7.05 Å². The number of piperidine rings is 1. The largest absolute Gasteiger partial charge is 0.371 e. The summed E-state index contributed by atoms with van der Waals surface area (Å²) >= 11 is 0. The predicted molar refractivity (Wildman–Crippen MR) is 75.0 cm³/mol. The molecule has 0 radical (unpaired) electrons. The number of aromatic nitrogens is 2. The lowest BCUT2D eigenvalue weighted by Gasteiger charge is -2.33. The molecule has 4 nitrogen and oxygen atoms in total. The zero-order valence-electron chi connectivity index (χ0n) is 11.1. The molecule has 96 valence electrons. The van der Waals surface area contributed by atoms with E-state index in [1.54, 1.807) is 0 Å². The third kappa shape index (κ3) is 1.97. The van der Waals surface area contributed by atoms with E-state index in [-0.39, 0.29) is 0 Å². The van der Waals surface area contributed by atoms with E-state index in [4.69, 9.17) is 0 Å². The van der Waals surface area contributed by atoms with Gasteiger partial charge in [-0.3, -0.25) is 4.68 Å². The van der Waals surface area contributed by atoms with Gasteiger partial charge < -0.3 is 10.2 Å². The van der Waals surface area contributed by atoms with Gasteiger partial charge in [0.05, 0.1) is 11.7 Å². The highest BCUT2D eigenvalue weighted by Gasteiger charge is 2.18. The van der Waals surface area contributed by atoms with Crippen LogP contribution in [0, 0.1) is 0 Å². The first kappa shape index (κ1) is 11.5. The molecule has 1 aliphatic heterocycles. The van der Waals surface area contributed by atoms with Crippen molar-refractivity contribution in [3.63, 3.8) is 0 Å². The minimum Gasteiger partial charge on any atom is -0.371 e. The summed E-state index contributed by atoms with van der Waals surface area (Å²) < 4.78 is 1.94. The molecule has 1 aromatic heterocycles. The Morgan fingerprint density at radius 3 is 2.89 bits per heavy atom. The van der Waals surface area contributed by atoms with Crippen LogP contribution in [-0.2, 0) is 7.05 Å². The summed E-state index contributed by atoms with van der Waals surface area (Å²) in [6, 6.07) is 7.25. The topological polar surface area (TPSA) is 33.1 Å². The molecule has 0 saturated carbocycles. The Morgan fingerprint density at radius 2 is 2.11 bits per heavy atom. The first-order valence-corrected chi connectivity index (χ1v) is 6.61. The molecule has 0 amide bonds. The van der Waals surface area contributed by atoms with Gasteiger partial charge >= 0.3 is 0 Å². The van der Waals surface area contributed by atoms with Crippen molar-refractivity contribution < 1.29 is 0 Å². The van der Waals surface area contributed by atoms with Crippen LogP contribution in [0.25, 0.3) is 10.9 Å². The highest BCUT2D eigenvalue weighted by atomic mass is 15.2. The Balaban J connectivity index is 1.90. The van der Waals surface area contributed by atoms with Crippen LogP contribution in [0.5, 0.6) is 0 Å². The van der Waals surface area contributed by atoms with Crippen LogP contribution >= 0.6 is 0 Å². The number of benzene rings is 1. The summed E-state index contributed by atoms with van der Waals surface area (Å²) in [4.78, 5) is 2.41. The predicted octanol–water partition coefficient (Wildman–Crippen LogP) is 1.76. The van der Waals surface area contributed by atoms with Crippen molar-refractivity contribution in [2.75, 3.05) is 25.0 Å². The van der Waals surface area contributed by atoms with Crippen LogP contribution in [0.4, 0.5) is 5.69 Å². The molecule has 0 unspecified atom stereocenters. The van der Waals surface area contributed by atoms with Crippen LogP contribution in [-0.4, -0.2) is 36.0 Å². The molecule has 0 spiro atoms. The van der Waals surface area contributed by atoms with E-state index in [0.717, 1.165) is 13.1 Å². The van der Waals surface area contributed by atoms with Crippen molar-refractivity contribution in [1.82, 2.24) is 15.1 Å². The van der Waals surface area contributed by atoms with Gasteiger partial charge in [-0.1, -0.05) is 0 Å². The smallest absolute Gasteiger partial charge is 0.0699 e. The fourth-order valence-electron chi connectivity index (χ4n) is 2.76. The summed E-state index contributed by atoms with van der Waals surface area (Å²) in [5.41, 5.74) is 2.49. The SMILES string of the molecule is CN(c1ccc2cnn(C)c2c1)C1CCNCC1. The zero-order chi connectivity index (χ0) is 12.5. The van der Waals surface area contributed by atoms with Crippen molar-refractivity contribution in [2.45, 2.75) is 18.9 Å². The van der Waals surface area contributed by atoms with Gasteiger partial charge in [0, 0.05) is 31.2 Å². The molecule has 0 aliphatic carbocycles. The van der Waals surface area contributed by atoms with Crippen LogP contribution in [0.2, 0.25) is 0 Å². The van der Waals surface area contributed by atoms with Crippen molar-refractivity contribution in [3.05, 3.63) is 24.4 Å². The van der Waals surface area contributed by atoms with E-state index in [9.17, 15) is 0 Å². The Hall–Kier alpha value is -1.55. The molecule has 1 aliphatic rings. The molecule has 18 heavy (non-hydrogen) atoms. The van der Waals surface area contributed by atoms with Gasteiger partial charge in [0.1, 0.15) is 0 Å². The Kier molecular flexibility index (Phi) is 2.96. The molecule has 2 aromatic rings. The van der Waals surface area contributed by atoms with E-state index in [1.165, 1.54) is 29.4 Å². The molecular weight excluding hydrogens is 224 g/mol. The average molecular weight is 244 g/mol. The van der Waals surface area contributed by atoms with Crippen LogP contribution in [0.1, 0.15) is 12.8 Å². The van der Waals surface area contributed by atoms with Gasteiger partial charge in [-0.05, 0) is 44.1 Å². The van der Waals surface area contributed by atoms with Gasteiger partial charge in [0.25, 0.3) is 0 Å². The first-order valence-electron chi connectivity index (χ1n) is 6.61. The number of hydrogen-bond acceptors (Lipinski definition) is 3. The lowest BCUT2D eigenvalue weighted by atomic mass is 10.0. The maximum Gasteiger partial charge on any atom is 0.0699 e. The van der Waals surface area contributed by atoms with E-state index < -0.39 is 0 Å². The minimum absolute atomic E-state index is 0.650. The van der Waals surface area contributed by atoms with Crippen molar-refractivity contribution in [3.8, 4) is 0 Å². The Labute approximate surface area is 108 Å². The molecule has 1 fully saturated rings. The Bertz CT molecular complexity index is 540. The lowest BCUT2D eigenvalue weighted by Crippen LogP contribution is -2.41. The molecule has 2 heterocycles. The zero-order valence-corrected chi connectivity index (χ0v) is 11.1. The molecule has 0 atom stereocenters. The second-order valence-corrected chi connectivity index (χ2v) is 5.10. The van der Waals surface area contributed by atoms with Gasteiger partial charge in [-0.25, -0.2) is 0 Å². The maximum absolute atomic E-state index is 4.30. The minimum atomic E-state index is 0.650. The Morgan fingerprint density at radius 1 is 1.33 bits per heavy atom. The van der Waals surface area contributed by atoms with Gasteiger partial charge in [-0.15, -0.1) is 0 Å². The average Bonchev–Trinajstić information content (AvgIpc) is 2.80. The third-order valence-electron chi connectivity index (χ3n) is 4.00. The summed E-state index contributed by atoms with van der Waals surface area (Å²) in [5.74, 6) is 0. The highest BCUT2D eigenvalue weighted by molar-refractivity contribution is 5.82. The molecule has 4 heteroatoms. The van der Waals surface area contributed by atoms with Gasteiger partial charge in [0.2, 0.25) is 0 Å². The number of aryl methyl sites for hydroxylation is 1. The van der Waals surface area contributed by atoms with Gasteiger partial charge in [0.15, 0.2) is 0 Å². The van der Waals surface area contributed by atoms with E-state index in [2.05, 4.69) is 40.6 Å². The third-order valence-corrected chi connectivity index (χ3v) is 4.00. The second-order valence-electron chi connectivity index (χ2n) is 5.10. The van der Waals surface area contributed by atoms with Crippen LogP contribution < -0.4 is 10.2 Å². The van der Waals surface area contributed by atoms with Crippen molar-refractivity contribution in [1.29, 1.82) is 0 Å². The number of nitrogens with zero attached hydrogens (tertiary/aromatic N) is 3. The fraction of sp³-hybridized carbons (Fsp3) is 0.500. The monoisotopic (exact) mass is 244 g/mol. The number of hydrogen-bond donors (Lipinski definition) is 1. The van der Waals surface area contributed by atoms with Crippen LogP contribution in [0.3, 0.4) is 0 Å². The van der Waals surface area contributed by atoms with Crippen molar-refractivity contribution >= 4 is 16.6 Å². The molecule has 0 bridgehead atoms. The molecule has 1 saturated heterocycles. The molecule has 3 rings (SSSR count). The van der Waals surface area contributed by atoms with E-state index >= 15 is 0 Å². The number of anilines is 1. The summed E-state index contributed by atoms with van der Waals surface area (Å²) in [5, 5.41) is 8.92. The normalized spacial score (nSPS) is 17.2. The fourth-order valence-corrected chi connectivity index (χ4v) is 2.76. The van der Waals surface area contributed by atoms with E-state index in [1.807, 2.05) is 17.9 Å². The summed E-state index contributed by atoms with van der Waals surface area (Å²) in [6.07, 6.45) is 4.36. The number of nitrogens with one attached hydrogen (secondary N) is 1. The number of rotatable bonds is 2. The standard InChI is InChI=1S/C14H20N4/c1-17(12-5-7-15-8-6-12)13-4-3-11-10-16-18(2)14(11)9-13/h3-4,9-10,12,15H,5-8H2,1-2H3. The van der Waals surface area contributed by atoms with Gasteiger partial charge in [-0.2, -0.15) is 5.10 Å². The lowest BCUT2D eigenvalue weighted by molar-refractivity contribution is 0.443. The highest BCUT2D eigenvalue weighted by Crippen LogP contribution is 2.24. The number of fused-ring (bicyclic) bond motifs is 1. The molecular formula is C14H20N4. The molecule has 1 aromatic carbocycles. The van der Waals surface area contributed by atoms with E-state index in [0.29, 0.717) is 6.04 Å². The summed E-state index contributed by atoms with van der Waals surface area (Å²) in [7, 11) is 4.20.